The number of ketones is 1. The zero-order valence-electron chi connectivity index (χ0n) is 13.4. The number of alkyl halides is 3. The number of H-pyrrole nitrogens is 1. The van der Waals surface area contributed by atoms with Crippen LogP contribution in [-0.4, -0.2) is 20.7 Å². The van der Waals surface area contributed by atoms with Crippen molar-refractivity contribution < 1.29 is 23.2 Å². The van der Waals surface area contributed by atoms with Crippen LogP contribution in [0.1, 0.15) is 21.6 Å². The van der Waals surface area contributed by atoms with Crippen LogP contribution in [0.3, 0.4) is 0 Å². The van der Waals surface area contributed by atoms with Gasteiger partial charge in [0.25, 0.3) is 5.56 Å². The van der Waals surface area contributed by atoms with E-state index in [1.54, 1.807) is 0 Å². The second-order valence-electron chi connectivity index (χ2n) is 5.62. The van der Waals surface area contributed by atoms with E-state index >= 15 is 0 Å². The highest BCUT2D eigenvalue weighted by molar-refractivity contribution is 6.07. The van der Waals surface area contributed by atoms with Crippen molar-refractivity contribution >= 4 is 5.78 Å². The Labute approximate surface area is 149 Å². The maximum Gasteiger partial charge on any atom is 0.416 e. The number of carbonyl (C=O) groups excluding carboxylic acids is 1. The van der Waals surface area contributed by atoms with Crippen LogP contribution in [0.2, 0.25) is 0 Å². The number of hydrogen-bond acceptors (Lipinski definition) is 4. The van der Waals surface area contributed by atoms with Crippen molar-refractivity contribution in [3.05, 3.63) is 92.3 Å². The third-order valence-electron chi connectivity index (χ3n) is 3.85. The van der Waals surface area contributed by atoms with Gasteiger partial charge >= 0.3 is 11.9 Å². The highest BCUT2D eigenvalue weighted by atomic mass is 19.4. The van der Waals surface area contributed by atoms with Crippen molar-refractivity contribution in [1.29, 1.82) is 0 Å². The predicted molar refractivity (Wildman–Crippen MR) is 88.8 cm³/mol. The number of rotatable bonds is 3. The number of benzene rings is 2. The van der Waals surface area contributed by atoms with Crippen LogP contribution in [0.5, 0.6) is 0 Å². The fourth-order valence-electron chi connectivity index (χ4n) is 2.43. The number of aromatic amines is 1. The SMILES string of the molecule is O=C(c1ccc(-c2ccc(C(F)(F)F)cc2)cc1)c1cc(=O)n(O)c(=O)[nH]1. The van der Waals surface area contributed by atoms with Crippen molar-refractivity contribution in [3.8, 4) is 11.1 Å². The number of aromatic nitrogens is 2. The zero-order valence-corrected chi connectivity index (χ0v) is 13.4. The van der Waals surface area contributed by atoms with Gasteiger partial charge in [-0.15, -0.1) is 0 Å². The summed E-state index contributed by atoms with van der Waals surface area (Å²) in [6, 6.07) is 11.2. The first-order valence-corrected chi connectivity index (χ1v) is 7.55. The predicted octanol–water partition coefficient (Wildman–Crippen LogP) is 2.69. The van der Waals surface area contributed by atoms with Gasteiger partial charge in [-0.2, -0.15) is 13.2 Å². The minimum atomic E-state index is -4.42. The molecule has 3 aromatic rings. The second kappa shape index (κ2) is 6.60. The molecule has 1 aromatic heterocycles. The van der Waals surface area contributed by atoms with Gasteiger partial charge in [-0.05, 0) is 23.3 Å². The quantitative estimate of drug-likeness (QED) is 0.543. The molecule has 0 saturated heterocycles. The molecule has 9 heteroatoms. The summed E-state index contributed by atoms with van der Waals surface area (Å²) >= 11 is 0. The van der Waals surface area contributed by atoms with Crippen molar-refractivity contribution in [2.45, 2.75) is 6.18 Å². The first kappa shape index (κ1) is 18.2. The summed E-state index contributed by atoms with van der Waals surface area (Å²) in [7, 11) is 0. The largest absolute Gasteiger partial charge is 0.421 e. The van der Waals surface area contributed by atoms with Crippen LogP contribution in [0.15, 0.2) is 64.2 Å². The van der Waals surface area contributed by atoms with Gasteiger partial charge in [0.1, 0.15) is 0 Å². The van der Waals surface area contributed by atoms with Gasteiger partial charge in [0.2, 0.25) is 5.78 Å². The van der Waals surface area contributed by atoms with E-state index in [0.717, 1.165) is 18.2 Å². The molecule has 0 aliphatic rings. The van der Waals surface area contributed by atoms with E-state index in [9.17, 15) is 27.6 Å². The molecule has 6 nitrogen and oxygen atoms in total. The van der Waals surface area contributed by atoms with E-state index in [2.05, 4.69) is 4.98 Å². The first-order valence-electron chi connectivity index (χ1n) is 7.55. The van der Waals surface area contributed by atoms with Gasteiger partial charge in [0.05, 0.1) is 11.3 Å². The van der Waals surface area contributed by atoms with E-state index in [1.165, 1.54) is 36.4 Å². The molecule has 0 aliphatic carbocycles. The average molecular weight is 376 g/mol. The molecular weight excluding hydrogens is 365 g/mol. The summed E-state index contributed by atoms with van der Waals surface area (Å²) in [5, 5.41) is 9.09. The Balaban J connectivity index is 1.88. The van der Waals surface area contributed by atoms with Gasteiger partial charge in [0, 0.05) is 11.6 Å². The molecule has 0 aliphatic heterocycles. The number of nitrogens with zero attached hydrogens (tertiary/aromatic N) is 1. The van der Waals surface area contributed by atoms with Gasteiger partial charge in [-0.25, -0.2) is 4.79 Å². The summed E-state index contributed by atoms with van der Waals surface area (Å²) in [4.78, 5) is 37.2. The number of hydrogen-bond donors (Lipinski definition) is 2. The normalized spacial score (nSPS) is 11.4. The smallest absolute Gasteiger partial charge is 0.416 e. The molecule has 2 N–H and O–H groups in total. The zero-order chi connectivity index (χ0) is 19.8. The number of halogens is 3. The monoisotopic (exact) mass is 376 g/mol. The Hall–Kier alpha value is -3.62. The summed E-state index contributed by atoms with van der Waals surface area (Å²) < 4.78 is 37.7. The lowest BCUT2D eigenvalue weighted by molar-refractivity contribution is -0.137. The Morgan fingerprint density at radius 2 is 1.44 bits per heavy atom. The molecule has 0 bridgehead atoms. The minimum Gasteiger partial charge on any atom is -0.421 e. The fourth-order valence-corrected chi connectivity index (χ4v) is 2.43. The molecule has 3 rings (SSSR count). The topological polar surface area (TPSA) is 92.2 Å². The lowest BCUT2D eigenvalue weighted by Gasteiger charge is -2.08. The molecule has 0 radical (unpaired) electrons. The Morgan fingerprint density at radius 1 is 0.926 bits per heavy atom. The van der Waals surface area contributed by atoms with Crippen molar-refractivity contribution in [2.24, 2.45) is 0 Å². The lowest BCUT2D eigenvalue weighted by atomic mass is 10.0. The Kier molecular flexibility index (Phi) is 4.44. The number of nitrogens with one attached hydrogen (secondary N) is 1. The minimum absolute atomic E-state index is 0.149. The van der Waals surface area contributed by atoms with Gasteiger partial charge < -0.3 is 10.2 Å². The van der Waals surface area contributed by atoms with Gasteiger partial charge in [-0.3, -0.25) is 9.59 Å². The molecule has 1 heterocycles. The Bertz CT molecular complexity index is 1080. The van der Waals surface area contributed by atoms with Crippen molar-refractivity contribution in [2.75, 3.05) is 0 Å². The third-order valence-corrected chi connectivity index (χ3v) is 3.85. The summed E-state index contributed by atoms with van der Waals surface area (Å²) in [5.74, 6) is -0.649. The standard InChI is InChI=1S/C18H11F3N2O4/c19-18(20,21)13-7-5-11(6-8-13)10-1-3-12(4-2-10)16(25)14-9-15(24)23(27)17(26)22-14/h1-9,27H,(H,22,26). The molecule has 2 aromatic carbocycles. The fraction of sp³-hybridized carbons (Fsp3) is 0.0556. The van der Waals surface area contributed by atoms with Crippen LogP contribution >= 0.6 is 0 Å². The van der Waals surface area contributed by atoms with E-state index in [4.69, 9.17) is 5.21 Å². The molecule has 0 spiro atoms. The highest BCUT2D eigenvalue weighted by Gasteiger charge is 2.29. The molecule has 0 atom stereocenters. The summed E-state index contributed by atoms with van der Waals surface area (Å²) in [6.45, 7) is 0. The maximum absolute atomic E-state index is 12.6. The molecular formula is C18H11F3N2O4. The van der Waals surface area contributed by atoms with Crippen LogP contribution < -0.4 is 11.2 Å². The summed E-state index contributed by atoms with van der Waals surface area (Å²) in [5.41, 5.74) is -2.00. The molecule has 0 saturated carbocycles. The van der Waals surface area contributed by atoms with Crippen LogP contribution in [-0.2, 0) is 6.18 Å². The first-order chi connectivity index (χ1) is 12.7. The lowest BCUT2D eigenvalue weighted by Crippen LogP contribution is -2.34. The number of carbonyl (C=O) groups is 1. The van der Waals surface area contributed by atoms with Crippen molar-refractivity contribution in [1.82, 2.24) is 9.71 Å². The van der Waals surface area contributed by atoms with Gasteiger partial charge in [0.15, 0.2) is 0 Å². The maximum atomic E-state index is 12.6. The molecule has 0 unspecified atom stereocenters. The summed E-state index contributed by atoms with van der Waals surface area (Å²) in [6.07, 6.45) is -4.42. The average Bonchev–Trinajstić information content (AvgIpc) is 2.64. The van der Waals surface area contributed by atoms with Crippen LogP contribution in [0, 0.1) is 0 Å². The third kappa shape index (κ3) is 3.66. The van der Waals surface area contributed by atoms with Crippen LogP contribution in [0.25, 0.3) is 11.1 Å². The molecule has 138 valence electrons. The highest BCUT2D eigenvalue weighted by Crippen LogP contribution is 2.31. The van der Waals surface area contributed by atoms with Gasteiger partial charge in [-0.1, -0.05) is 41.1 Å². The van der Waals surface area contributed by atoms with E-state index in [1.807, 2.05) is 0 Å². The Morgan fingerprint density at radius 3 is 1.93 bits per heavy atom. The molecule has 0 amide bonds. The second-order valence-corrected chi connectivity index (χ2v) is 5.62. The molecule has 27 heavy (non-hydrogen) atoms. The van der Waals surface area contributed by atoms with E-state index in [0.29, 0.717) is 11.1 Å². The van der Waals surface area contributed by atoms with Crippen molar-refractivity contribution in [3.63, 3.8) is 0 Å². The van der Waals surface area contributed by atoms with E-state index < -0.39 is 28.8 Å². The van der Waals surface area contributed by atoms with E-state index in [-0.39, 0.29) is 16.0 Å². The van der Waals surface area contributed by atoms with Crippen LogP contribution in [0.4, 0.5) is 13.2 Å². The molecule has 0 fully saturated rings.